The SMILES string of the molecule is CC1(C)COC(c2ccsc2C(O)c2ccc3ccccc3c2)=N1. The summed E-state index contributed by atoms with van der Waals surface area (Å²) < 4.78 is 5.76. The lowest BCUT2D eigenvalue weighted by Gasteiger charge is -2.13. The molecule has 2 aromatic carbocycles. The Morgan fingerprint density at radius 3 is 2.67 bits per heavy atom. The zero-order chi connectivity index (χ0) is 16.7. The van der Waals surface area contributed by atoms with Gasteiger partial charge in [0.1, 0.15) is 12.7 Å². The minimum Gasteiger partial charge on any atom is -0.475 e. The molecule has 0 amide bonds. The molecular weight excluding hydrogens is 318 g/mol. The summed E-state index contributed by atoms with van der Waals surface area (Å²) in [7, 11) is 0. The van der Waals surface area contributed by atoms with E-state index in [1.807, 2.05) is 55.6 Å². The fraction of sp³-hybridized carbons (Fsp3) is 0.250. The predicted molar refractivity (Wildman–Crippen MR) is 98.9 cm³/mol. The molecular formula is C20H19NO2S. The fourth-order valence-electron chi connectivity index (χ4n) is 2.96. The minimum absolute atomic E-state index is 0.206. The largest absolute Gasteiger partial charge is 0.475 e. The lowest BCUT2D eigenvalue weighted by atomic mass is 10.0. The van der Waals surface area contributed by atoms with E-state index in [2.05, 4.69) is 17.1 Å². The molecule has 0 saturated carbocycles. The van der Waals surface area contributed by atoms with Crippen molar-refractivity contribution in [2.24, 2.45) is 4.99 Å². The van der Waals surface area contributed by atoms with Gasteiger partial charge in [-0.25, -0.2) is 4.99 Å². The van der Waals surface area contributed by atoms with Crippen LogP contribution in [0.3, 0.4) is 0 Å². The number of hydrogen-bond donors (Lipinski definition) is 1. The molecule has 4 heteroatoms. The molecule has 2 heterocycles. The van der Waals surface area contributed by atoms with E-state index >= 15 is 0 Å². The molecule has 0 fully saturated rings. The van der Waals surface area contributed by atoms with Crippen LogP contribution >= 0.6 is 11.3 Å². The van der Waals surface area contributed by atoms with Crippen LogP contribution in [0, 0.1) is 0 Å². The maximum absolute atomic E-state index is 10.9. The maximum atomic E-state index is 10.9. The summed E-state index contributed by atoms with van der Waals surface area (Å²) in [6, 6.07) is 16.2. The lowest BCUT2D eigenvalue weighted by molar-refractivity contribution is 0.223. The van der Waals surface area contributed by atoms with Gasteiger partial charge in [-0.1, -0.05) is 36.4 Å². The molecule has 0 aliphatic carbocycles. The molecule has 1 aliphatic heterocycles. The van der Waals surface area contributed by atoms with Crippen molar-refractivity contribution in [2.45, 2.75) is 25.5 Å². The zero-order valence-corrected chi connectivity index (χ0v) is 14.5. The molecule has 1 unspecified atom stereocenters. The Kier molecular flexibility index (Phi) is 3.66. The third kappa shape index (κ3) is 2.72. The Bertz CT molecular complexity index is 926. The molecule has 3 nitrogen and oxygen atoms in total. The number of aliphatic hydroxyl groups excluding tert-OH is 1. The first-order valence-electron chi connectivity index (χ1n) is 8.01. The zero-order valence-electron chi connectivity index (χ0n) is 13.7. The summed E-state index contributed by atoms with van der Waals surface area (Å²) >= 11 is 1.53. The average molecular weight is 337 g/mol. The van der Waals surface area contributed by atoms with Gasteiger partial charge in [-0.05, 0) is 47.7 Å². The highest BCUT2D eigenvalue weighted by Crippen LogP contribution is 2.33. The summed E-state index contributed by atoms with van der Waals surface area (Å²) in [5.74, 6) is 0.635. The molecule has 1 aromatic heterocycles. The fourth-order valence-corrected chi connectivity index (χ4v) is 3.86. The van der Waals surface area contributed by atoms with Crippen molar-refractivity contribution in [1.29, 1.82) is 0 Å². The highest BCUT2D eigenvalue weighted by molar-refractivity contribution is 7.10. The molecule has 1 aliphatic rings. The maximum Gasteiger partial charge on any atom is 0.218 e. The molecule has 3 aromatic rings. The topological polar surface area (TPSA) is 41.8 Å². The van der Waals surface area contributed by atoms with E-state index in [9.17, 15) is 5.11 Å². The molecule has 0 saturated heterocycles. The first-order valence-corrected chi connectivity index (χ1v) is 8.89. The molecule has 0 radical (unpaired) electrons. The second-order valence-corrected chi connectivity index (χ2v) is 7.67. The van der Waals surface area contributed by atoms with Crippen LogP contribution < -0.4 is 0 Å². The number of benzene rings is 2. The third-order valence-corrected chi connectivity index (χ3v) is 5.20. The van der Waals surface area contributed by atoms with Gasteiger partial charge >= 0.3 is 0 Å². The summed E-state index contributed by atoms with van der Waals surface area (Å²) in [5.41, 5.74) is 1.57. The van der Waals surface area contributed by atoms with E-state index < -0.39 is 6.10 Å². The van der Waals surface area contributed by atoms with E-state index in [1.54, 1.807) is 0 Å². The summed E-state index contributed by atoms with van der Waals surface area (Å²) in [5, 5.41) is 15.2. The van der Waals surface area contributed by atoms with Gasteiger partial charge in [0, 0.05) is 0 Å². The van der Waals surface area contributed by atoms with Crippen LogP contribution in [0.1, 0.15) is 36.0 Å². The van der Waals surface area contributed by atoms with Crippen molar-refractivity contribution in [3.63, 3.8) is 0 Å². The van der Waals surface area contributed by atoms with Crippen molar-refractivity contribution >= 4 is 28.0 Å². The smallest absolute Gasteiger partial charge is 0.218 e. The number of thiophene rings is 1. The molecule has 0 bridgehead atoms. The Hall–Kier alpha value is -2.17. The number of rotatable bonds is 3. The van der Waals surface area contributed by atoms with Crippen LogP contribution in [0.15, 0.2) is 58.9 Å². The van der Waals surface area contributed by atoms with Crippen LogP contribution in [-0.4, -0.2) is 23.2 Å². The normalized spacial score (nSPS) is 17.5. The van der Waals surface area contributed by atoms with E-state index in [0.717, 1.165) is 21.4 Å². The number of aliphatic hydroxyl groups is 1. The van der Waals surface area contributed by atoms with Gasteiger partial charge in [0.05, 0.1) is 16.0 Å². The van der Waals surface area contributed by atoms with Gasteiger partial charge in [-0.2, -0.15) is 0 Å². The predicted octanol–water partition coefficient (Wildman–Crippen LogP) is 4.54. The molecule has 24 heavy (non-hydrogen) atoms. The van der Waals surface area contributed by atoms with Crippen LogP contribution in [0.25, 0.3) is 10.8 Å². The van der Waals surface area contributed by atoms with Crippen LogP contribution in [0.2, 0.25) is 0 Å². The highest BCUT2D eigenvalue weighted by atomic mass is 32.1. The Labute approximate surface area is 145 Å². The number of aliphatic imine (C=N–C) groups is 1. The van der Waals surface area contributed by atoms with Gasteiger partial charge in [0.2, 0.25) is 5.90 Å². The number of ether oxygens (including phenoxy) is 1. The van der Waals surface area contributed by atoms with Crippen molar-refractivity contribution in [1.82, 2.24) is 0 Å². The molecule has 1 N–H and O–H groups in total. The molecule has 0 spiro atoms. The first kappa shape index (κ1) is 15.4. The van der Waals surface area contributed by atoms with Crippen LogP contribution in [0.4, 0.5) is 0 Å². The monoisotopic (exact) mass is 337 g/mol. The van der Waals surface area contributed by atoms with Gasteiger partial charge in [-0.15, -0.1) is 11.3 Å². The second kappa shape index (κ2) is 5.72. The van der Waals surface area contributed by atoms with Crippen LogP contribution in [0.5, 0.6) is 0 Å². The summed E-state index contributed by atoms with van der Waals surface area (Å²) in [4.78, 5) is 5.52. The highest BCUT2D eigenvalue weighted by Gasteiger charge is 2.30. The van der Waals surface area contributed by atoms with E-state index in [4.69, 9.17) is 4.74 Å². The Balaban J connectivity index is 1.72. The minimum atomic E-state index is -0.681. The van der Waals surface area contributed by atoms with Crippen molar-refractivity contribution < 1.29 is 9.84 Å². The van der Waals surface area contributed by atoms with Gasteiger partial charge < -0.3 is 9.84 Å². The Morgan fingerprint density at radius 1 is 1.12 bits per heavy atom. The Morgan fingerprint density at radius 2 is 1.92 bits per heavy atom. The second-order valence-electron chi connectivity index (χ2n) is 6.73. The quantitative estimate of drug-likeness (QED) is 0.762. The number of hydrogen-bond acceptors (Lipinski definition) is 4. The summed E-state index contributed by atoms with van der Waals surface area (Å²) in [6.07, 6.45) is -0.681. The van der Waals surface area contributed by atoms with Crippen molar-refractivity contribution in [3.8, 4) is 0 Å². The average Bonchev–Trinajstić information content (AvgIpc) is 3.19. The first-order chi connectivity index (χ1) is 11.5. The lowest BCUT2D eigenvalue weighted by Crippen LogP contribution is -2.17. The number of fused-ring (bicyclic) bond motifs is 1. The van der Waals surface area contributed by atoms with Gasteiger partial charge in [-0.3, -0.25) is 0 Å². The summed E-state index contributed by atoms with van der Waals surface area (Å²) in [6.45, 7) is 4.67. The van der Waals surface area contributed by atoms with Gasteiger partial charge in [0.15, 0.2) is 0 Å². The van der Waals surface area contributed by atoms with Crippen LogP contribution in [-0.2, 0) is 4.74 Å². The third-order valence-electron chi connectivity index (χ3n) is 4.23. The standard InChI is InChI=1S/C20H19NO2S/c1-20(2)12-23-19(21-20)16-9-10-24-18(16)17(22)15-8-7-13-5-3-4-6-14(13)11-15/h3-11,17,22H,12H2,1-2H3. The molecule has 4 rings (SSSR count). The molecule has 122 valence electrons. The van der Waals surface area contributed by atoms with E-state index in [1.165, 1.54) is 16.7 Å². The number of nitrogens with zero attached hydrogens (tertiary/aromatic N) is 1. The van der Waals surface area contributed by atoms with E-state index in [-0.39, 0.29) is 5.54 Å². The van der Waals surface area contributed by atoms with Gasteiger partial charge in [0.25, 0.3) is 0 Å². The van der Waals surface area contributed by atoms with E-state index in [0.29, 0.717) is 12.5 Å². The van der Waals surface area contributed by atoms with Crippen molar-refractivity contribution in [3.05, 3.63) is 69.9 Å². The van der Waals surface area contributed by atoms with Crippen molar-refractivity contribution in [2.75, 3.05) is 6.61 Å². The molecule has 1 atom stereocenters.